The van der Waals surface area contributed by atoms with Crippen LogP contribution in [0.25, 0.3) is 0 Å². The molecule has 3 heteroatoms. The number of hydrogen-bond donors (Lipinski definition) is 1. The summed E-state index contributed by atoms with van der Waals surface area (Å²) in [6, 6.07) is 1.40. The topological polar surface area (TPSA) is 33.1 Å². The fourth-order valence-corrected chi connectivity index (χ4v) is 2.99. The van der Waals surface area contributed by atoms with Crippen LogP contribution in [0.2, 0.25) is 0 Å². The SMILES string of the molecule is CC1CC(C)CC(O)(c2cncc(F)c2)C1. The first-order chi connectivity index (χ1) is 7.49. The third kappa shape index (κ3) is 2.24. The van der Waals surface area contributed by atoms with Gasteiger partial charge in [-0.2, -0.15) is 0 Å². The van der Waals surface area contributed by atoms with Crippen molar-refractivity contribution in [1.29, 1.82) is 0 Å². The average molecular weight is 223 g/mol. The number of rotatable bonds is 1. The molecule has 2 rings (SSSR count). The van der Waals surface area contributed by atoms with Crippen LogP contribution in [0.1, 0.15) is 38.7 Å². The summed E-state index contributed by atoms with van der Waals surface area (Å²) in [5.74, 6) is 0.561. The van der Waals surface area contributed by atoms with Crippen molar-refractivity contribution in [3.05, 3.63) is 29.8 Å². The van der Waals surface area contributed by atoms with Crippen molar-refractivity contribution in [2.45, 2.75) is 38.7 Å². The molecule has 0 amide bonds. The van der Waals surface area contributed by atoms with Gasteiger partial charge in [-0.1, -0.05) is 13.8 Å². The Morgan fingerprint density at radius 2 is 1.94 bits per heavy atom. The van der Waals surface area contributed by atoms with Gasteiger partial charge in [0.2, 0.25) is 0 Å². The summed E-state index contributed by atoms with van der Waals surface area (Å²) >= 11 is 0. The van der Waals surface area contributed by atoms with E-state index in [-0.39, 0.29) is 5.82 Å². The summed E-state index contributed by atoms with van der Waals surface area (Å²) in [7, 11) is 0. The second-order valence-electron chi connectivity index (χ2n) is 5.28. The molecule has 1 N–H and O–H groups in total. The highest BCUT2D eigenvalue weighted by Crippen LogP contribution is 2.42. The summed E-state index contributed by atoms with van der Waals surface area (Å²) in [6.45, 7) is 4.26. The van der Waals surface area contributed by atoms with Gasteiger partial charge in [-0.15, -0.1) is 0 Å². The monoisotopic (exact) mass is 223 g/mol. The lowest BCUT2D eigenvalue weighted by Gasteiger charge is -2.39. The Morgan fingerprint density at radius 1 is 1.31 bits per heavy atom. The summed E-state index contributed by atoms with van der Waals surface area (Å²) in [5, 5.41) is 10.6. The maximum Gasteiger partial charge on any atom is 0.141 e. The second kappa shape index (κ2) is 4.13. The smallest absolute Gasteiger partial charge is 0.141 e. The molecule has 1 saturated carbocycles. The van der Waals surface area contributed by atoms with Crippen LogP contribution in [0.4, 0.5) is 4.39 Å². The highest BCUT2D eigenvalue weighted by atomic mass is 19.1. The molecule has 1 aromatic rings. The summed E-state index contributed by atoms with van der Waals surface area (Å²) in [5.41, 5.74) is -0.280. The average Bonchev–Trinajstić information content (AvgIpc) is 2.15. The molecule has 0 spiro atoms. The van der Waals surface area contributed by atoms with E-state index in [1.165, 1.54) is 12.3 Å². The maximum atomic E-state index is 13.1. The quantitative estimate of drug-likeness (QED) is 0.794. The van der Waals surface area contributed by atoms with Crippen molar-refractivity contribution in [2.75, 3.05) is 0 Å². The Kier molecular flexibility index (Phi) is 2.98. The fourth-order valence-electron chi connectivity index (χ4n) is 2.99. The molecule has 88 valence electrons. The van der Waals surface area contributed by atoms with Crippen LogP contribution >= 0.6 is 0 Å². The molecule has 0 saturated heterocycles. The predicted octanol–water partition coefficient (Wildman–Crippen LogP) is 2.86. The van der Waals surface area contributed by atoms with Crippen molar-refractivity contribution in [3.63, 3.8) is 0 Å². The Bertz CT molecular complexity index is 370. The van der Waals surface area contributed by atoms with E-state index in [1.807, 2.05) is 0 Å². The standard InChI is InChI=1S/C13H18FNO/c1-9-3-10(2)6-13(16,5-9)11-4-12(14)8-15-7-11/h4,7-10,16H,3,5-6H2,1-2H3. The van der Waals surface area contributed by atoms with Gasteiger partial charge in [0.25, 0.3) is 0 Å². The molecule has 0 radical (unpaired) electrons. The molecule has 1 fully saturated rings. The minimum absolute atomic E-state index is 0.378. The molecule has 0 aromatic carbocycles. The van der Waals surface area contributed by atoms with Crippen LogP contribution in [0.5, 0.6) is 0 Å². The summed E-state index contributed by atoms with van der Waals surface area (Å²) < 4.78 is 13.1. The summed E-state index contributed by atoms with van der Waals surface area (Å²) in [6.07, 6.45) is 5.27. The van der Waals surface area contributed by atoms with Crippen LogP contribution < -0.4 is 0 Å². The molecule has 2 atom stereocenters. The van der Waals surface area contributed by atoms with Gasteiger partial charge in [0.1, 0.15) is 5.82 Å². The van der Waals surface area contributed by atoms with Crippen LogP contribution in [-0.2, 0) is 5.60 Å². The lowest BCUT2D eigenvalue weighted by atomic mass is 9.71. The maximum absolute atomic E-state index is 13.1. The number of pyridine rings is 1. The molecular weight excluding hydrogens is 205 g/mol. The van der Waals surface area contributed by atoms with Gasteiger partial charge >= 0.3 is 0 Å². The van der Waals surface area contributed by atoms with Crippen molar-refractivity contribution in [2.24, 2.45) is 11.8 Å². The molecule has 0 bridgehead atoms. The van der Waals surface area contributed by atoms with Gasteiger partial charge in [-0.3, -0.25) is 4.98 Å². The molecule has 1 heterocycles. The molecule has 2 nitrogen and oxygen atoms in total. The lowest BCUT2D eigenvalue weighted by Crippen LogP contribution is -2.35. The Morgan fingerprint density at radius 3 is 2.50 bits per heavy atom. The number of halogens is 1. The number of hydrogen-bond acceptors (Lipinski definition) is 2. The normalized spacial score (nSPS) is 35.0. The van der Waals surface area contributed by atoms with Gasteiger partial charge in [0, 0.05) is 11.8 Å². The molecular formula is C13H18FNO. The van der Waals surface area contributed by atoms with Crippen LogP contribution in [0, 0.1) is 17.7 Å². The zero-order valence-electron chi connectivity index (χ0n) is 9.78. The van der Waals surface area contributed by atoms with Crippen LogP contribution in [-0.4, -0.2) is 10.1 Å². The van der Waals surface area contributed by atoms with Gasteiger partial charge < -0.3 is 5.11 Å². The van der Waals surface area contributed by atoms with Gasteiger partial charge in [-0.25, -0.2) is 4.39 Å². The van der Waals surface area contributed by atoms with Crippen LogP contribution in [0.3, 0.4) is 0 Å². The minimum Gasteiger partial charge on any atom is -0.385 e. The van der Waals surface area contributed by atoms with Crippen molar-refractivity contribution >= 4 is 0 Å². The lowest BCUT2D eigenvalue weighted by molar-refractivity contribution is -0.0367. The van der Waals surface area contributed by atoms with E-state index in [4.69, 9.17) is 0 Å². The number of aliphatic hydroxyl groups is 1. The van der Waals surface area contributed by atoms with Gasteiger partial charge in [0.15, 0.2) is 0 Å². The van der Waals surface area contributed by atoms with Crippen molar-refractivity contribution < 1.29 is 9.50 Å². The third-order valence-electron chi connectivity index (χ3n) is 3.42. The van der Waals surface area contributed by atoms with E-state index in [2.05, 4.69) is 18.8 Å². The first-order valence-corrected chi connectivity index (χ1v) is 5.83. The zero-order valence-corrected chi connectivity index (χ0v) is 9.78. The third-order valence-corrected chi connectivity index (χ3v) is 3.42. The first kappa shape index (κ1) is 11.5. The first-order valence-electron chi connectivity index (χ1n) is 5.83. The van der Waals surface area contributed by atoms with Crippen LogP contribution in [0.15, 0.2) is 18.5 Å². The Hall–Kier alpha value is -0.960. The van der Waals surface area contributed by atoms with Gasteiger partial charge in [-0.05, 0) is 37.2 Å². The minimum atomic E-state index is -0.897. The van der Waals surface area contributed by atoms with E-state index >= 15 is 0 Å². The second-order valence-corrected chi connectivity index (χ2v) is 5.28. The summed E-state index contributed by atoms with van der Waals surface area (Å²) in [4.78, 5) is 3.82. The highest BCUT2D eigenvalue weighted by molar-refractivity contribution is 5.20. The van der Waals surface area contributed by atoms with E-state index in [0.29, 0.717) is 30.2 Å². The molecule has 1 aliphatic carbocycles. The van der Waals surface area contributed by atoms with Crippen molar-refractivity contribution in [3.8, 4) is 0 Å². The molecule has 16 heavy (non-hydrogen) atoms. The molecule has 2 unspecified atom stereocenters. The van der Waals surface area contributed by atoms with Crippen molar-refractivity contribution in [1.82, 2.24) is 4.98 Å². The largest absolute Gasteiger partial charge is 0.385 e. The predicted molar refractivity (Wildman–Crippen MR) is 60.3 cm³/mol. The molecule has 1 aliphatic rings. The van der Waals surface area contributed by atoms with E-state index in [1.54, 1.807) is 6.20 Å². The molecule has 0 aliphatic heterocycles. The van der Waals surface area contributed by atoms with E-state index < -0.39 is 5.60 Å². The van der Waals surface area contributed by atoms with Gasteiger partial charge in [0.05, 0.1) is 11.8 Å². The Balaban J connectivity index is 2.30. The highest BCUT2D eigenvalue weighted by Gasteiger charge is 2.37. The Labute approximate surface area is 95.5 Å². The zero-order chi connectivity index (χ0) is 11.8. The van der Waals surface area contributed by atoms with E-state index in [9.17, 15) is 9.50 Å². The number of aromatic nitrogens is 1. The fraction of sp³-hybridized carbons (Fsp3) is 0.615. The van der Waals surface area contributed by atoms with E-state index in [0.717, 1.165) is 6.42 Å². The molecule has 1 aromatic heterocycles. The number of nitrogens with zero attached hydrogens (tertiary/aromatic N) is 1.